The molecule has 0 bridgehead atoms. The molecule has 2 heterocycles. The summed E-state index contributed by atoms with van der Waals surface area (Å²) in [5.74, 6) is 0.889. The van der Waals surface area contributed by atoms with Crippen LogP contribution in [-0.2, 0) is 6.54 Å². The Hall–Kier alpha value is -0.480. The van der Waals surface area contributed by atoms with Crippen LogP contribution < -0.4 is 5.32 Å². The van der Waals surface area contributed by atoms with Crippen molar-refractivity contribution in [1.82, 2.24) is 10.2 Å². The Labute approximate surface area is 136 Å². The molecule has 21 heavy (non-hydrogen) atoms. The molecular weight excluding hydrogens is 307 g/mol. The fourth-order valence-corrected chi connectivity index (χ4v) is 4.19. The number of aromatic hydroxyl groups is 1. The van der Waals surface area contributed by atoms with Crippen molar-refractivity contribution in [3.8, 4) is 5.75 Å². The third-order valence-corrected chi connectivity index (χ3v) is 5.22. The van der Waals surface area contributed by atoms with Crippen LogP contribution >= 0.6 is 23.2 Å². The Morgan fingerprint density at radius 2 is 2.10 bits per heavy atom. The van der Waals surface area contributed by atoms with Gasteiger partial charge in [-0.05, 0) is 56.8 Å². The summed E-state index contributed by atoms with van der Waals surface area (Å²) in [5, 5.41) is 14.6. The summed E-state index contributed by atoms with van der Waals surface area (Å²) in [5.41, 5.74) is 0.826. The van der Waals surface area contributed by atoms with Gasteiger partial charge in [0, 0.05) is 29.7 Å². The lowest BCUT2D eigenvalue weighted by atomic mass is 9.89. The highest BCUT2D eigenvalue weighted by atomic mass is 35.5. The van der Waals surface area contributed by atoms with Gasteiger partial charge in [0.15, 0.2) is 0 Å². The van der Waals surface area contributed by atoms with Crippen molar-refractivity contribution in [3.63, 3.8) is 0 Å². The fourth-order valence-electron chi connectivity index (χ4n) is 3.66. The maximum atomic E-state index is 10.1. The van der Waals surface area contributed by atoms with E-state index in [-0.39, 0.29) is 5.75 Å². The van der Waals surface area contributed by atoms with E-state index in [9.17, 15) is 5.11 Å². The van der Waals surface area contributed by atoms with Gasteiger partial charge in [0.25, 0.3) is 0 Å². The second-order valence-electron chi connectivity index (χ2n) is 6.24. The van der Waals surface area contributed by atoms with E-state index in [1.165, 1.54) is 25.7 Å². The second kappa shape index (κ2) is 6.74. The number of nitrogens with one attached hydrogen (secondary N) is 1. The fraction of sp³-hybridized carbons (Fsp3) is 0.625. The molecule has 2 atom stereocenters. The summed E-state index contributed by atoms with van der Waals surface area (Å²) in [6.45, 7) is 4.04. The molecule has 5 heteroatoms. The standard InChI is InChI=1S/C16H22Cl2N2O/c17-13-7-12(16(21)14(18)8-13)10-20-6-2-3-11(9-20)15-4-1-5-19-15/h7-8,11,15,19,21H,1-6,9-10H2. The van der Waals surface area contributed by atoms with Crippen molar-refractivity contribution < 1.29 is 5.11 Å². The molecule has 0 radical (unpaired) electrons. The number of benzene rings is 1. The average molecular weight is 329 g/mol. The van der Waals surface area contributed by atoms with E-state index in [1.54, 1.807) is 6.07 Å². The minimum Gasteiger partial charge on any atom is -0.506 e. The van der Waals surface area contributed by atoms with Gasteiger partial charge in [0.1, 0.15) is 5.75 Å². The summed E-state index contributed by atoms with van der Waals surface area (Å²) >= 11 is 12.1. The van der Waals surface area contributed by atoms with Crippen molar-refractivity contribution >= 4 is 23.2 Å². The summed E-state index contributed by atoms with van der Waals surface area (Å²) in [6.07, 6.45) is 5.12. The number of hydrogen-bond donors (Lipinski definition) is 2. The number of nitrogens with zero attached hydrogens (tertiary/aromatic N) is 1. The first-order valence-corrected chi connectivity index (χ1v) is 8.51. The number of piperidine rings is 1. The van der Waals surface area contributed by atoms with Gasteiger partial charge in [0.05, 0.1) is 5.02 Å². The monoisotopic (exact) mass is 328 g/mol. The highest BCUT2D eigenvalue weighted by Crippen LogP contribution is 2.33. The number of halogens is 2. The third kappa shape index (κ3) is 3.65. The molecule has 0 aromatic heterocycles. The first-order chi connectivity index (χ1) is 10.1. The van der Waals surface area contributed by atoms with Crippen molar-refractivity contribution in [2.45, 2.75) is 38.3 Å². The molecule has 0 spiro atoms. The normalized spacial score (nSPS) is 27.1. The van der Waals surface area contributed by atoms with E-state index < -0.39 is 0 Å². The Morgan fingerprint density at radius 1 is 1.24 bits per heavy atom. The van der Waals surface area contributed by atoms with Crippen LogP contribution in [-0.4, -0.2) is 35.7 Å². The molecule has 1 aromatic carbocycles. The molecule has 0 aliphatic carbocycles. The molecule has 3 rings (SSSR count). The van der Waals surface area contributed by atoms with Crippen LogP contribution in [0.1, 0.15) is 31.2 Å². The van der Waals surface area contributed by atoms with E-state index in [0.717, 1.165) is 37.7 Å². The maximum Gasteiger partial charge on any atom is 0.138 e. The van der Waals surface area contributed by atoms with Crippen LogP contribution in [0.5, 0.6) is 5.75 Å². The van der Waals surface area contributed by atoms with Crippen LogP contribution in [0.4, 0.5) is 0 Å². The molecule has 2 N–H and O–H groups in total. The quantitative estimate of drug-likeness (QED) is 0.888. The Balaban J connectivity index is 1.67. The van der Waals surface area contributed by atoms with Gasteiger partial charge in [0.2, 0.25) is 0 Å². The number of phenolic OH excluding ortho intramolecular Hbond substituents is 1. The molecule has 0 saturated carbocycles. The number of rotatable bonds is 3. The average Bonchev–Trinajstić information content (AvgIpc) is 2.99. The first kappa shape index (κ1) is 15.4. The van der Waals surface area contributed by atoms with Gasteiger partial charge in [-0.3, -0.25) is 4.90 Å². The van der Waals surface area contributed by atoms with Crippen molar-refractivity contribution in [2.75, 3.05) is 19.6 Å². The Kier molecular flexibility index (Phi) is 4.95. The number of likely N-dealkylation sites (tertiary alicyclic amines) is 1. The third-order valence-electron chi connectivity index (χ3n) is 4.71. The van der Waals surface area contributed by atoms with E-state index in [2.05, 4.69) is 10.2 Å². The second-order valence-corrected chi connectivity index (χ2v) is 7.08. The van der Waals surface area contributed by atoms with Crippen LogP contribution in [0.3, 0.4) is 0 Å². The van der Waals surface area contributed by atoms with E-state index in [4.69, 9.17) is 23.2 Å². The predicted molar refractivity (Wildman–Crippen MR) is 87.2 cm³/mol. The molecule has 2 fully saturated rings. The zero-order valence-corrected chi connectivity index (χ0v) is 13.6. The Bertz CT molecular complexity index is 503. The summed E-state index contributed by atoms with van der Waals surface area (Å²) in [7, 11) is 0. The lowest BCUT2D eigenvalue weighted by Crippen LogP contribution is -2.43. The molecule has 1 aromatic rings. The highest BCUT2D eigenvalue weighted by Gasteiger charge is 2.29. The predicted octanol–water partition coefficient (Wildman–Crippen LogP) is 3.66. The SMILES string of the molecule is Oc1c(Cl)cc(Cl)cc1CN1CCCC(C2CCCN2)C1. The van der Waals surface area contributed by atoms with Crippen LogP contribution in [0.25, 0.3) is 0 Å². The van der Waals surface area contributed by atoms with Gasteiger partial charge in [-0.1, -0.05) is 23.2 Å². The van der Waals surface area contributed by atoms with Crippen LogP contribution in [0.15, 0.2) is 12.1 Å². The smallest absolute Gasteiger partial charge is 0.138 e. The largest absolute Gasteiger partial charge is 0.506 e. The number of phenols is 1. The van der Waals surface area contributed by atoms with Crippen molar-refractivity contribution in [1.29, 1.82) is 0 Å². The van der Waals surface area contributed by atoms with Gasteiger partial charge in [-0.15, -0.1) is 0 Å². The summed E-state index contributed by atoms with van der Waals surface area (Å²) < 4.78 is 0. The van der Waals surface area contributed by atoms with E-state index in [1.807, 2.05) is 6.07 Å². The molecule has 2 unspecified atom stereocenters. The highest BCUT2D eigenvalue weighted by molar-refractivity contribution is 6.35. The topological polar surface area (TPSA) is 35.5 Å². The van der Waals surface area contributed by atoms with Gasteiger partial charge in [-0.2, -0.15) is 0 Å². The van der Waals surface area contributed by atoms with Crippen molar-refractivity contribution in [2.24, 2.45) is 5.92 Å². The summed E-state index contributed by atoms with van der Waals surface area (Å²) in [6, 6.07) is 4.08. The molecule has 2 aliphatic heterocycles. The maximum absolute atomic E-state index is 10.1. The van der Waals surface area contributed by atoms with Gasteiger partial charge in [-0.25, -0.2) is 0 Å². The number of hydrogen-bond acceptors (Lipinski definition) is 3. The van der Waals surface area contributed by atoms with Crippen molar-refractivity contribution in [3.05, 3.63) is 27.7 Å². The van der Waals surface area contributed by atoms with E-state index >= 15 is 0 Å². The van der Waals surface area contributed by atoms with Gasteiger partial charge >= 0.3 is 0 Å². The van der Waals surface area contributed by atoms with Crippen LogP contribution in [0.2, 0.25) is 10.0 Å². The molecular formula is C16H22Cl2N2O. The first-order valence-electron chi connectivity index (χ1n) is 7.76. The van der Waals surface area contributed by atoms with E-state index in [0.29, 0.717) is 16.1 Å². The molecule has 0 amide bonds. The molecule has 116 valence electrons. The molecule has 3 nitrogen and oxygen atoms in total. The van der Waals surface area contributed by atoms with Crippen LogP contribution in [0, 0.1) is 5.92 Å². The minimum absolute atomic E-state index is 0.169. The Morgan fingerprint density at radius 3 is 2.86 bits per heavy atom. The lowest BCUT2D eigenvalue weighted by molar-refractivity contribution is 0.144. The lowest BCUT2D eigenvalue weighted by Gasteiger charge is -2.36. The summed E-state index contributed by atoms with van der Waals surface area (Å²) in [4.78, 5) is 2.41. The zero-order valence-electron chi connectivity index (χ0n) is 12.1. The van der Waals surface area contributed by atoms with Gasteiger partial charge < -0.3 is 10.4 Å². The minimum atomic E-state index is 0.169. The molecule has 2 saturated heterocycles. The zero-order chi connectivity index (χ0) is 14.8. The molecule has 2 aliphatic rings.